The minimum atomic E-state index is -0.335. The van der Waals surface area contributed by atoms with Gasteiger partial charge in [-0.2, -0.15) is 0 Å². The molecule has 0 aliphatic heterocycles. The fourth-order valence-corrected chi connectivity index (χ4v) is 3.42. The molecule has 116 valence electrons. The van der Waals surface area contributed by atoms with E-state index in [9.17, 15) is 9.90 Å². The highest BCUT2D eigenvalue weighted by molar-refractivity contribution is 9.10. The molecule has 21 heavy (non-hydrogen) atoms. The van der Waals surface area contributed by atoms with E-state index >= 15 is 0 Å². The number of hydrogen-bond donors (Lipinski definition) is 1. The summed E-state index contributed by atoms with van der Waals surface area (Å²) in [6.45, 7) is 0.740. The van der Waals surface area contributed by atoms with Crippen LogP contribution >= 0.6 is 15.9 Å². The summed E-state index contributed by atoms with van der Waals surface area (Å²) < 4.78 is 5.61. The van der Waals surface area contributed by atoms with E-state index in [1.54, 1.807) is 12.1 Å². The molecule has 5 heteroatoms. The van der Waals surface area contributed by atoms with E-state index in [1.165, 1.54) is 13.5 Å². The molecule has 1 N–H and O–H groups in total. The molecule has 0 amide bonds. The SMILES string of the molecule is COC(=O)c1ccc(CN(C)C2CCCCC2O)c(Br)c1. The van der Waals surface area contributed by atoms with Crippen molar-refractivity contribution >= 4 is 21.9 Å². The molecule has 0 saturated heterocycles. The van der Waals surface area contributed by atoms with Crippen LogP contribution in [0.4, 0.5) is 0 Å². The molecule has 2 atom stereocenters. The second-order valence-corrected chi connectivity index (χ2v) is 6.49. The van der Waals surface area contributed by atoms with Crippen LogP contribution < -0.4 is 0 Å². The summed E-state index contributed by atoms with van der Waals surface area (Å²) in [7, 11) is 3.42. The van der Waals surface area contributed by atoms with Crippen molar-refractivity contribution in [3.8, 4) is 0 Å². The Labute approximate surface area is 134 Å². The van der Waals surface area contributed by atoms with E-state index in [-0.39, 0.29) is 18.1 Å². The lowest BCUT2D eigenvalue weighted by atomic mass is 9.91. The number of methoxy groups -OCH3 is 1. The number of likely N-dealkylation sites (N-methyl/N-ethyl adjacent to an activating group) is 1. The number of carbonyl (C=O) groups excluding carboxylic acids is 1. The summed E-state index contributed by atoms with van der Waals surface area (Å²) in [4.78, 5) is 13.7. The first-order valence-electron chi connectivity index (χ1n) is 7.28. The maximum atomic E-state index is 11.5. The van der Waals surface area contributed by atoms with Gasteiger partial charge in [0.05, 0.1) is 18.8 Å². The van der Waals surface area contributed by atoms with Crippen molar-refractivity contribution in [1.29, 1.82) is 0 Å². The van der Waals surface area contributed by atoms with Gasteiger partial charge in [0, 0.05) is 17.1 Å². The fraction of sp³-hybridized carbons (Fsp3) is 0.562. The molecular weight excluding hydrogens is 334 g/mol. The standard InChI is InChI=1S/C16H22BrNO3/c1-18(14-5-3-4-6-15(14)19)10-12-8-7-11(9-13(12)17)16(20)21-2/h7-9,14-15,19H,3-6,10H2,1-2H3. The third kappa shape index (κ3) is 4.05. The second kappa shape index (κ2) is 7.38. The number of hydrogen-bond acceptors (Lipinski definition) is 4. The van der Waals surface area contributed by atoms with Crippen LogP contribution in [-0.4, -0.2) is 42.3 Å². The molecule has 0 spiro atoms. The molecule has 0 aromatic heterocycles. The van der Waals surface area contributed by atoms with E-state index in [2.05, 4.69) is 20.8 Å². The summed E-state index contributed by atoms with van der Waals surface area (Å²) in [5.41, 5.74) is 1.64. The Kier molecular flexibility index (Phi) is 5.79. The quantitative estimate of drug-likeness (QED) is 0.843. The Bertz CT molecular complexity index is 506. The van der Waals surface area contributed by atoms with E-state index in [4.69, 9.17) is 4.74 Å². The van der Waals surface area contributed by atoms with Crippen molar-refractivity contribution in [3.63, 3.8) is 0 Å². The van der Waals surface area contributed by atoms with Crippen LogP contribution in [-0.2, 0) is 11.3 Å². The second-order valence-electron chi connectivity index (χ2n) is 5.63. The van der Waals surface area contributed by atoms with Crippen LogP contribution in [0.15, 0.2) is 22.7 Å². The van der Waals surface area contributed by atoms with Gasteiger partial charge in [0.1, 0.15) is 0 Å². The lowest BCUT2D eigenvalue weighted by Crippen LogP contribution is -2.42. The van der Waals surface area contributed by atoms with Gasteiger partial charge in [-0.15, -0.1) is 0 Å². The number of aliphatic hydroxyl groups is 1. The van der Waals surface area contributed by atoms with E-state index in [1.807, 2.05) is 13.1 Å². The fourth-order valence-electron chi connectivity index (χ4n) is 2.91. The molecule has 1 fully saturated rings. The molecular formula is C16H22BrNO3. The van der Waals surface area contributed by atoms with Crippen LogP contribution in [0.5, 0.6) is 0 Å². The number of benzene rings is 1. The lowest BCUT2D eigenvalue weighted by molar-refractivity contribution is 0.0287. The number of ether oxygens (including phenoxy) is 1. The first-order chi connectivity index (χ1) is 10.0. The van der Waals surface area contributed by atoms with Gasteiger partial charge >= 0.3 is 5.97 Å². The summed E-state index contributed by atoms with van der Waals surface area (Å²) in [6, 6.07) is 5.71. The molecule has 1 saturated carbocycles. The van der Waals surface area contributed by atoms with Crippen molar-refractivity contribution in [2.45, 2.75) is 44.4 Å². The van der Waals surface area contributed by atoms with Gasteiger partial charge in [-0.3, -0.25) is 4.90 Å². The highest BCUT2D eigenvalue weighted by atomic mass is 79.9. The van der Waals surface area contributed by atoms with Gasteiger partial charge in [0.15, 0.2) is 0 Å². The van der Waals surface area contributed by atoms with Crippen LogP contribution in [0.25, 0.3) is 0 Å². The maximum Gasteiger partial charge on any atom is 0.337 e. The van der Waals surface area contributed by atoms with Gasteiger partial charge in [0.25, 0.3) is 0 Å². The molecule has 1 aliphatic carbocycles. The average molecular weight is 356 g/mol. The molecule has 1 aromatic carbocycles. The number of halogens is 1. The van der Waals surface area contributed by atoms with Gasteiger partial charge in [-0.05, 0) is 37.6 Å². The Morgan fingerprint density at radius 2 is 2.14 bits per heavy atom. The highest BCUT2D eigenvalue weighted by Gasteiger charge is 2.26. The number of rotatable bonds is 4. The smallest absolute Gasteiger partial charge is 0.337 e. The van der Waals surface area contributed by atoms with Crippen LogP contribution in [0, 0.1) is 0 Å². The van der Waals surface area contributed by atoms with Crippen molar-refractivity contribution < 1.29 is 14.6 Å². The minimum absolute atomic E-state index is 0.214. The number of nitrogens with zero attached hydrogens (tertiary/aromatic N) is 1. The minimum Gasteiger partial charge on any atom is -0.465 e. The first kappa shape index (κ1) is 16.5. The first-order valence-corrected chi connectivity index (χ1v) is 8.07. The number of carbonyl (C=O) groups is 1. The molecule has 1 aliphatic rings. The zero-order chi connectivity index (χ0) is 15.4. The van der Waals surface area contributed by atoms with Gasteiger partial charge in [-0.1, -0.05) is 34.8 Å². The Morgan fingerprint density at radius 1 is 1.43 bits per heavy atom. The lowest BCUT2D eigenvalue weighted by Gasteiger charge is -2.35. The highest BCUT2D eigenvalue weighted by Crippen LogP contribution is 2.26. The van der Waals surface area contributed by atoms with Crippen molar-refractivity contribution in [1.82, 2.24) is 4.90 Å². The summed E-state index contributed by atoms with van der Waals surface area (Å²) in [5, 5.41) is 10.1. The van der Waals surface area contributed by atoms with E-state index in [0.717, 1.165) is 35.8 Å². The predicted molar refractivity (Wildman–Crippen MR) is 85.2 cm³/mol. The van der Waals surface area contributed by atoms with Crippen LogP contribution in [0.2, 0.25) is 0 Å². The topological polar surface area (TPSA) is 49.8 Å². The Balaban J connectivity index is 2.06. The Morgan fingerprint density at radius 3 is 2.76 bits per heavy atom. The number of esters is 1. The Hall–Kier alpha value is -0.910. The molecule has 0 radical (unpaired) electrons. The van der Waals surface area contributed by atoms with Gasteiger partial charge in [0.2, 0.25) is 0 Å². The largest absolute Gasteiger partial charge is 0.465 e. The molecule has 2 unspecified atom stereocenters. The summed E-state index contributed by atoms with van der Waals surface area (Å²) >= 11 is 3.52. The number of aliphatic hydroxyl groups excluding tert-OH is 1. The predicted octanol–water partition coefficient (Wildman–Crippen LogP) is 2.97. The van der Waals surface area contributed by atoms with E-state index < -0.39 is 0 Å². The van der Waals surface area contributed by atoms with Gasteiger partial charge < -0.3 is 9.84 Å². The maximum absolute atomic E-state index is 11.5. The monoisotopic (exact) mass is 355 g/mol. The molecule has 0 heterocycles. The zero-order valence-corrected chi connectivity index (χ0v) is 14.1. The van der Waals surface area contributed by atoms with Crippen molar-refractivity contribution in [2.24, 2.45) is 0 Å². The van der Waals surface area contributed by atoms with Crippen molar-refractivity contribution in [3.05, 3.63) is 33.8 Å². The molecule has 0 bridgehead atoms. The summed E-state index contributed by atoms with van der Waals surface area (Å²) in [6.07, 6.45) is 3.97. The third-order valence-electron chi connectivity index (χ3n) is 4.15. The molecule has 2 rings (SSSR count). The third-order valence-corrected chi connectivity index (χ3v) is 4.89. The molecule has 4 nitrogen and oxygen atoms in total. The average Bonchev–Trinajstić information content (AvgIpc) is 2.48. The van der Waals surface area contributed by atoms with E-state index in [0.29, 0.717) is 5.56 Å². The normalized spacial score (nSPS) is 22.3. The van der Waals surface area contributed by atoms with Crippen LogP contribution in [0.3, 0.4) is 0 Å². The van der Waals surface area contributed by atoms with Gasteiger partial charge in [-0.25, -0.2) is 4.79 Å². The molecule has 1 aromatic rings. The van der Waals surface area contributed by atoms with Crippen molar-refractivity contribution in [2.75, 3.05) is 14.2 Å². The zero-order valence-electron chi connectivity index (χ0n) is 12.5. The van der Waals surface area contributed by atoms with Crippen LogP contribution in [0.1, 0.15) is 41.6 Å². The summed E-state index contributed by atoms with van der Waals surface area (Å²) in [5.74, 6) is -0.335.